The summed E-state index contributed by atoms with van der Waals surface area (Å²) < 4.78 is 0. The highest BCUT2D eigenvalue weighted by Gasteiger charge is 2.08. The Labute approximate surface area is 110 Å². The van der Waals surface area contributed by atoms with Gasteiger partial charge in [-0.3, -0.25) is 0 Å². The van der Waals surface area contributed by atoms with Gasteiger partial charge in [-0.1, -0.05) is 45.4 Å². The van der Waals surface area contributed by atoms with Crippen LogP contribution < -0.4 is 5.32 Å². The predicted octanol–water partition coefficient (Wildman–Crippen LogP) is 4.02. The Hall–Kier alpha value is -0.410. The Morgan fingerprint density at radius 2 is 2.00 bits per heavy atom. The molecule has 0 radical (unpaired) electrons. The molecule has 0 spiro atoms. The van der Waals surface area contributed by atoms with Crippen LogP contribution in [0.1, 0.15) is 56.9 Å². The van der Waals surface area contributed by atoms with E-state index in [-0.39, 0.29) is 0 Å². The molecule has 1 aromatic rings. The lowest BCUT2D eigenvalue weighted by molar-refractivity contribution is 0.479. The van der Waals surface area contributed by atoms with Crippen molar-refractivity contribution in [3.05, 3.63) is 16.6 Å². The molecule has 0 fully saturated rings. The van der Waals surface area contributed by atoms with Gasteiger partial charge in [0.1, 0.15) is 0 Å². The zero-order chi connectivity index (χ0) is 12.3. The van der Waals surface area contributed by atoms with Gasteiger partial charge in [0.05, 0.1) is 5.01 Å². The first-order valence-electron chi connectivity index (χ1n) is 6.92. The minimum Gasteiger partial charge on any atom is -0.317 e. The zero-order valence-electron chi connectivity index (χ0n) is 11.2. The topological polar surface area (TPSA) is 24.9 Å². The van der Waals surface area contributed by atoms with Gasteiger partial charge in [-0.05, 0) is 13.5 Å². The van der Waals surface area contributed by atoms with Gasteiger partial charge >= 0.3 is 0 Å². The van der Waals surface area contributed by atoms with Crippen molar-refractivity contribution in [1.82, 2.24) is 10.3 Å². The summed E-state index contributed by atoms with van der Waals surface area (Å²) in [4.78, 5) is 4.35. The fourth-order valence-electron chi connectivity index (χ4n) is 2.08. The van der Waals surface area contributed by atoms with E-state index in [1.165, 1.54) is 50.0 Å². The molecule has 0 amide bonds. The maximum absolute atomic E-state index is 4.35. The Morgan fingerprint density at radius 3 is 2.65 bits per heavy atom. The van der Waals surface area contributed by atoms with Crippen molar-refractivity contribution < 1.29 is 0 Å². The molecule has 1 aromatic heterocycles. The molecule has 17 heavy (non-hydrogen) atoms. The van der Waals surface area contributed by atoms with Gasteiger partial charge < -0.3 is 5.32 Å². The number of hydrogen-bond acceptors (Lipinski definition) is 3. The van der Waals surface area contributed by atoms with Crippen molar-refractivity contribution >= 4 is 11.3 Å². The van der Waals surface area contributed by atoms with E-state index < -0.39 is 0 Å². The average Bonchev–Trinajstić information content (AvgIpc) is 2.85. The van der Waals surface area contributed by atoms with Gasteiger partial charge in [-0.2, -0.15) is 0 Å². The number of nitrogens with one attached hydrogen (secondary N) is 1. The molecule has 0 aliphatic rings. The van der Waals surface area contributed by atoms with Gasteiger partial charge in [-0.25, -0.2) is 4.98 Å². The van der Waals surface area contributed by atoms with E-state index in [9.17, 15) is 0 Å². The first-order valence-corrected chi connectivity index (χ1v) is 7.80. The van der Waals surface area contributed by atoms with E-state index in [1.807, 2.05) is 6.20 Å². The van der Waals surface area contributed by atoms with Crippen LogP contribution in [0.25, 0.3) is 0 Å². The third kappa shape index (κ3) is 6.79. The highest BCUT2D eigenvalue weighted by Crippen LogP contribution is 2.13. The second kappa shape index (κ2) is 9.60. The number of rotatable bonds is 10. The molecular formula is C14H26N2S. The molecule has 1 heterocycles. The fraction of sp³-hybridized carbons (Fsp3) is 0.786. The molecule has 0 aliphatic heterocycles. The molecule has 1 atom stereocenters. The van der Waals surface area contributed by atoms with E-state index in [2.05, 4.69) is 29.7 Å². The maximum Gasteiger partial charge on any atom is 0.0940 e. The summed E-state index contributed by atoms with van der Waals surface area (Å²) in [6.07, 6.45) is 12.5. The molecule has 1 N–H and O–H groups in total. The Morgan fingerprint density at radius 1 is 1.24 bits per heavy atom. The lowest BCUT2D eigenvalue weighted by Crippen LogP contribution is -2.27. The van der Waals surface area contributed by atoms with Gasteiger partial charge in [0.2, 0.25) is 0 Å². The highest BCUT2D eigenvalue weighted by molar-refractivity contribution is 7.09. The molecule has 0 bridgehead atoms. The third-order valence-electron chi connectivity index (χ3n) is 3.22. The van der Waals surface area contributed by atoms with E-state index in [0.29, 0.717) is 6.04 Å². The van der Waals surface area contributed by atoms with Gasteiger partial charge in [0.25, 0.3) is 0 Å². The SMILES string of the molecule is CCCCCCCCC(Cc1nccs1)NC. The second-order valence-corrected chi connectivity index (χ2v) is 5.65. The molecule has 0 saturated carbocycles. The van der Waals surface area contributed by atoms with Crippen LogP contribution in [0.3, 0.4) is 0 Å². The summed E-state index contributed by atoms with van der Waals surface area (Å²) >= 11 is 1.77. The van der Waals surface area contributed by atoms with Crippen LogP contribution in [0.4, 0.5) is 0 Å². The highest BCUT2D eigenvalue weighted by atomic mass is 32.1. The normalized spacial score (nSPS) is 12.8. The minimum absolute atomic E-state index is 0.604. The Balaban J connectivity index is 2.06. The van der Waals surface area contributed by atoms with Crippen molar-refractivity contribution in [2.75, 3.05) is 7.05 Å². The summed E-state index contributed by atoms with van der Waals surface area (Å²) in [6, 6.07) is 0.604. The van der Waals surface area contributed by atoms with Crippen LogP contribution in [-0.4, -0.2) is 18.1 Å². The number of thiazole rings is 1. The standard InChI is InChI=1S/C14H26N2S/c1-3-4-5-6-7-8-9-13(15-2)12-14-16-10-11-17-14/h10-11,13,15H,3-9,12H2,1-2H3. The predicted molar refractivity (Wildman–Crippen MR) is 76.7 cm³/mol. The van der Waals surface area contributed by atoms with Gasteiger partial charge in [-0.15, -0.1) is 11.3 Å². The Kier molecular flexibility index (Phi) is 8.28. The lowest BCUT2D eigenvalue weighted by Gasteiger charge is -2.14. The number of unbranched alkanes of at least 4 members (excludes halogenated alkanes) is 5. The minimum atomic E-state index is 0.604. The second-order valence-electron chi connectivity index (χ2n) is 4.67. The zero-order valence-corrected chi connectivity index (χ0v) is 12.1. The average molecular weight is 254 g/mol. The monoisotopic (exact) mass is 254 g/mol. The molecule has 2 nitrogen and oxygen atoms in total. The molecule has 0 saturated heterocycles. The van der Waals surface area contributed by atoms with Crippen molar-refractivity contribution in [2.24, 2.45) is 0 Å². The van der Waals surface area contributed by atoms with Crippen LogP contribution in [0.5, 0.6) is 0 Å². The molecular weight excluding hydrogens is 228 g/mol. The molecule has 1 unspecified atom stereocenters. The Bertz CT molecular complexity index is 259. The van der Waals surface area contributed by atoms with E-state index in [1.54, 1.807) is 11.3 Å². The summed E-state index contributed by atoms with van der Waals surface area (Å²) in [5, 5.41) is 6.73. The van der Waals surface area contributed by atoms with Crippen molar-refractivity contribution in [3.63, 3.8) is 0 Å². The van der Waals surface area contributed by atoms with E-state index in [4.69, 9.17) is 0 Å². The molecule has 3 heteroatoms. The summed E-state index contributed by atoms with van der Waals surface area (Å²) in [5.41, 5.74) is 0. The van der Waals surface area contributed by atoms with Gasteiger partial charge in [0, 0.05) is 24.0 Å². The first-order chi connectivity index (χ1) is 8.36. The lowest BCUT2D eigenvalue weighted by atomic mass is 10.0. The van der Waals surface area contributed by atoms with Crippen LogP contribution in [-0.2, 0) is 6.42 Å². The molecule has 1 rings (SSSR count). The van der Waals surface area contributed by atoms with Gasteiger partial charge in [0.15, 0.2) is 0 Å². The van der Waals surface area contributed by atoms with Crippen LogP contribution in [0.15, 0.2) is 11.6 Å². The van der Waals surface area contributed by atoms with Crippen LogP contribution in [0, 0.1) is 0 Å². The maximum atomic E-state index is 4.35. The third-order valence-corrected chi connectivity index (χ3v) is 4.02. The van der Waals surface area contributed by atoms with Crippen LogP contribution >= 0.6 is 11.3 Å². The van der Waals surface area contributed by atoms with E-state index in [0.717, 1.165) is 6.42 Å². The quantitative estimate of drug-likeness (QED) is 0.638. The number of hydrogen-bond donors (Lipinski definition) is 1. The number of nitrogens with zero attached hydrogens (tertiary/aromatic N) is 1. The van der Waals surface area contributed by atoms with E-state index >= 15 is 0 Å². The smallest absolute Gasteiger partial charge is 0.0940 e. The van der Waals surface area contributed by atoms with Crippen molar-refractivity contribution in [2.45, 2.75) is 64.3 Å². The largest absolute Gasteiger partial charge is 0.317 e. The van der Waals surface area contributed by atoms with Crippen molar-refractivity contribution in [3.8, 4) is 0 Å². The molecule has 98 valence electrons. The summed E-state index contributed by atoms with van der Waals surface area (Å²) in [6.45, 7) is 2.27. The molecule has 0 aromatic carbocycles. The summed E-state index contributed by atoms with van der Waals surface area (Å²) in [7, 11) is 2.06. The first kappa shape index (κ1) is 14.7. The number of likely N-dealkylation sites (N-methyl/N-ethyl adjacent to an activating group) is 1. The number of aromatic nitrogens is 1. The fourth-order valence-corrected chi connectivity index (χ4v) is 2.78. The van der Waals surface area contributed by atoms with Crippen molar-refractivity contribution in [1.29, 1.82) is 0 Å². The van der Waals surface area contributed by atoms with Crippen LogP contribution in [0.2, 0.25) is 0 Å². The summed E-state index contributed by atoms with van der Waals surface area (Å²) in [5.74, 6) is 0. The molecule has 0 aliphatic carbocycles.